The molecule has 6 heteroatoms. The molecule has 0 radical (unpaired) electrons. The number of benzene rings is 2. The Bertz CT molecular complexity index is 910. The van der Waals surface area contributed by atoms with Crippen molar-refractivity contribution in [2.24, 2.45) is 0 Å². The molecule has 0 aromatic heterocycles. The van der Waals surface area contributed by atoms with Gasteiger partial charge in [-0.15, -0.1) is 0 Å². The first-order valence-electron chi connectivity index (χ1n) is 10.9. The van der Waals surface area contributed by atoms with Crippen LogP contribution in [-0.4, -0.2) is 54.2 Å². The molecular formula is C25H34FN3O2. The van der Waals surface area contributed by atoms with Crippen molar-refractivity contribution < 1.29 is 13.9 Å². The minimum Gasteiger partial charge on any atom is -0.444 e. The average Bonchev–Trinajstić information content (AvgIpc) is 2.68. The lowest BCUT2D eigenvalue weighted by Gasteiger charge is -2.40. The predicted octanol–water partition coefficient (Wildman–Crippen LogP) is 4.65. The van der Waals surface area contributed by atoms with Crippen LogP contribution in [-0.2, 0) is 17.8 Å². The predicted molar refractivity (Wildman–Crippen MR) is 122 cm³/mol. The van der Waals surface area contributed by atoms with Crippen LogP contribution in [0.15, 0.2) is 42.5 Å². The Morgan fingerprint density at radius 2 is 1.94 bits per heavy atom. The SMILES string of the molecule is CNCc1ccc(F)c(-c2cccc(CN3CCN(C(=O)OC(C)(C)C)[C@@H](C)C3)c2)c1. The fourth-order valence-corrected chi connectivity index (χ4v) is 3.97. The lowest BCUT2D eigenvalue weighted by molar-refractivity contribution is 0.000563. The number of rotatable bonds is 5. The summed E-state index contributed by atoms with van der Waals surface area (Å²) in [5.74, 6) is -0.211. The third kappa shape index (κ3) is 6.28. The van der Waals surface area contributed by atoms with E-state index in [9.17, 15) is 9.18 Å². The van der Waals surface area contributed by atoms with Crippen LogP contribution in [0, 0.1) is 5.82 Å². The molecule has 1 aliphatic rings. The molecule has 0 unspecified atom stereocenters. The van der Waals surface area contributed by atoms with Crippen LogP contribution in [0.25, 0.3) is 11.1 Å². The fraction of sp³-hybridized carbons (Fsp3) is 0.480. The molecule has 0 aliphatic carbocycles. The van der Waals surface area contributed by atoms with E-state index in [1.807, 2.05) is 52.1 Å². The van der Waals surface area contributed by atoms with Gasteiger partial charge in [0.25, 0.3) is 0 Å². The van der Waals surface area contributed by atoms with E-state index in [4.69, 9.17) is 4.74 Å². The quantitative estimate of drug-likeness (QED) is 0.754. The maximum Gasteiger partial charge on any atom is 0.410 e. The van der Waals surface area contributed by atoms with Gasteiger partial charge in [0.15, 0.2) is 0 Å². The maximum absolute atomic E-state index is 14.5. The Labute approximate surface area is 185 Å². The molecule has 5 nitrogen and oxygen atoms in total. The van der Waals surface area contributed by atoms with Crippen LogP contribution < -0.4 is 5.32 Å². The van der Waals surface area contributed by atoms with Crippen molar-refractivity contribution in [3.8, 4) is 11.1 Å². The number of hydrogen-bond donors (Lipinski definition) is 1. The van der Waals surface area contributed by atoms with Crippen LogP contribution in [0.3, 0.4) is 0 Å². The second-order valence-corrected chi connectivity index (χ2v) is 9.30. The second kappa shape index (κ2) is 9.79. The van der Waals surface area contributed by atoms with Crippen molar-refractivity contribution in [2.45, 2.75) is 52.4 Å². The summed E-state index contributed by atoms with van der Waals surface area (Å²) in [5, 5.41) is 3.11. The number of carbonyl (C=O) groups excluding carboxylic acids is 1. The smallest absolute Gasteiger partial charge is 0.410 e. The van der Waals surface area contributed by atoms with E-state index in [2.05, 4.69) is 29.3 Å². The third-order valence-electron chi connectivity index (χ3n) is 5.40. The van der Waals surface area contributed by atoms with Crippen molar-refractivity contribution in [3.05, 3.63) is 59.4 Å². The minimum absolute atomic E-state index is 0.0717. The Kier molecular flexibility index (Phi) is 7.34. The molecule has 3 rings (SSSR count). The van der Waals surface area contributed by atoms with Crippen LogP contribution in [0.2, 0.25) is 0 Å². The van der Waals surface area contributed by atoms with Gasteiger partial charge in [-0.2, -0.15) is 0 Å². The van der Waals surface area contributed by atoms with Crippen molar-refractivity contribution in [2.75, 3.05) is 26.7 Å². The van der Waals surface area contributed by atoms with E-state index in [1.54, 1.807) is 4.90 Å². The van der Waals surface area contributed by atoms with E-state index in [-0.39, 0.29) is 18.0 Å². The summed E-state index contributed by atoms with van der Waals surface area (Å²) in [7, 11) is 1.88. The summed E-state index contributed by atoms with van der Waals surface area (Å²) < 4.78 is 20.0. The average molecular weight is 428 g/mol. The number of piperazine rings is 1. The van der Waals surface area contributed by atoms with Gasteiger partial charge in [-0.3, -0.25) is 4.90 Å². The lowest BCUT2D eigenvalue weighted by Crippen LogP contribution is -2.54. The summed E-state index contributed by atoms with van der Waals surface area (Å²) >= 11 is 0. The molecule has 1 fully saturated rings. The maximum atomic E-state index is 14.5. The highest BCUT2D eigenvalue weighted by Crippen LogP contribution is 2.26. The van der Waals surface area contributed by atoms with E-state index in [1.165, 1.54) is 6.07 Å². The van der Waals surface area contributed by atoms with Gasteiger partial charge in [-0.1, -0.05) is 24.3 Å². The molecule has 1 N–H and O–H groups in total. The highest BCUT2D eigenvalue weighted by Gasteiger charge is 2.30. The molecule has 2 aromatic rings. The van der Waals surface area contributed by atoms with Crippen molar-refractivity contribution in [3.63, 3.8) is 0 Å². The van der Waals surface area contributed by atoms with Gasteiger partial charge in [-0.25, -0.2) is 9.18 Å². The largest absolute Gasteiger partial charge is 0.444 e. The Morgan fingerprint density at radius 3 is 2.61 bits per heavy atom. The summed E-state index contributed by atoms with van der Waals surface area (Å²) in [6.45, 7) is 11.4. The Hall–Kier alpha value is -2.44. The standard InChI is InChI=1S/C25H34FN3O2/c1-18-16-28(11-12-29(18)24(30)31-25(2,3)4)17-20-7-6-8-21(13-20)22-14-19(15-27-5)9-10-23(22)26/h6-10,13-14,18,27H,11-12,15-17H2,1-5H3/t18-/m0/s1. The molecule has 0 spiro atoms. The number of ether oxygens (including phenoxy) is 1. The van der Waals surface area contributed by atoms with Gasteiger partial charge >= 0.3 is 6.09 Å². The first-order valence-corrected chi connectivity index (χ1v) is 10.9. The molecule has 0 saturated carbocycles. The van der Waals surface area contributed by atoms with Crippen LogP contribution in [0.1, 0.15) is 38.8 Å². The zero-order valence-electron chi connectivity index (χ0n) is 19.2. The molecule has 1 saturated heterocycles. The summed E-state index contributed by atoms with van der Waals surface area (Å²) in [4.78, 5) is 16.6. The summed E-state index contributed by atoms with van der Waals surface area (Å²) in [5.41, 5.74) is 3.20. The molecule has 1 atom stereocenters. The van der Waals surface area contributed by atoms with Crippen LogP contribution in [0.4, 0.5) is 9.18 Å². The van der Waals surface area contributed by atoms with E-state index >= 15 is 0 Å². The van der Waals surface area contributed by atoms with Gasteiger partial charge in [0.2, 0.25) is 0 Å². The minimum atomic E-state index is -0.492. The first kappa shape index (κ1) is 23.2. The highest BCUT2D eigenvalue weighted by atomic mass is 19.1. The molecule has 0 bridgehead atoms. The fourth-order valence-electron chi connectivity index (χ4n) is 3.97. The molecule has 1 amide bonds. The monoisotopic (exact) mass is 427 g/mol. The normalized spacial score (nSPS) is 17.6. The van der Waals surface area contributed by atoms with Crippen molar-refractivity contribution >= 4 is 6.09 Å². The van der Waals surface area contributed by atoms with Crippen LogP contribution >= 0.6 is 0 Å². The van der Waals surface area contributed by atoms with Crippen molar-refractivity contribution in [1.29, 1.82) is 0 Å². The van der Waals surface area contributed by atoms with Crippen molar-refractivity contribution in [1.82, 2.24) is 15.1 Å². The zero-order valence-corrected chi connectivity index (χ0v) is 19.2. The third-order valence-corrected chi connectivity index (χ3v) is 5.40. The summed E-state index contributed by atoms with van der Waals surface area (Å²) in [6, 6.07) is 13.4. The molecule has 1 aliphatic heterocycles. The van der Waals surface area contributed by atoms with Crippen LogP contribution in [0.5, 0.6) is 0 Å². The topological polar surface area (TPSA) is 44.8 Å². The first-order chi connectivity index (χ1) is 14.7. The molecule has 1 heterocycles. The van der Waals surface area contributed by atoms with Gasteiger partial charge in [-0.05, 0) is 69.6 Å². The number of nitrogens with zero attached hydrogens (tertiary/aromatic N) is 2. The molecule has 168 valence electrons. The molecule has 31 heavy (non-hydrogen) atoms. The number of hydrogen-bond acceptors (Lipinski definition) is 4. The van der Waals surface area contributed by atoms with E-state index < -0.39 is 5.60 Å². The van der Waals surface area contributed by atoms with Gasteiger partial charge in [0.05, 0.1) is 0 Å². The van der Waals surface area contributed by atoms with E-state index in [0.717, 1.165) is 36.3 Å². The van der Waals surface area contributed by atoms with E-state index in [0.29, 0.717) is 18.7 Å². The molecule has 2 aromatic carbocycles. The van der Waals surface area contributed by atoms with Gasteiger partial charge in [0, 0.05) is 44.3 Å². The Balaban J connectivity index is 1.67. The second-order valence-electron chi connectivity index (χ2n) is 9.30. The van der Waals surface area contributed by atoms with Gasteiger partial charge < -0.3 is 15.0 Å². The summed E-state index contributed by atoms with van der Waals surface area (Å²) in [6.07, 6.45) is -0.251. The van der Waals surface area contributed by atoms with Gasteiger partial charge in [0.1, 0.15) is 11.4 Å². The zero-order chi connectivity index (χ0) is 22.6. The Morgan fingerprint density at radius 1 is 1.16 bits per heavy atom. The number of halogens is 1. The molecular weight excluding hydrogens is 393 g/mol. The number of carbonyl (C=O) groups is 1. The number of nitrogens with one attached hydrogen (secondary N) is 1. The number of amides is 1. The lowest BCUT2D eigenvalue weighted by atomic mass is 10.00. The highest BCUT2D eigenvalue weighted by molar-refractivity contribution is 5.68.